The molecule has 0 radical (unpaired) electrons. The zero-order chi connectivity index (χ0) is 11.8. The second kappa shape index (κ2) is 7.99. The van der Waals surface area contributed by atoms with E-state index in [4.69, 9.17) is 11.6 Å². The normalized spacial score (nSPS) is 12.7. The van der Waals surface area contributed by atoms with Gasteiger partial charge in [-0.2, -0.15) is 11.8 Å². The van der Waals surface area contributed by atoms with E-state index in [2.05, 4.69) is 6.26 Å². The third-order valence-electron chi connectivity index (χ3n) is 2.69. The summed E-state index contributed by atoms with van der Waals surface area (Å²) in [4.78, 5) is 0. The predicted octanol–water partition coefficient (Wildman–Crippen LogP) is 3.63. The highest BCUT2D eigenvalue weighted by Crippen LogP contribution is 2.21. The van der Waals surface area contributed by atoms with E-state index in [-0.39, 0.29) is 6.61 Å². The van der Waals surface area contributed by atoms with Crippen LogP contribution in [-0.2, 0) is 6.42 Å². The van der Waals surface area contributed by atoms with Crippen LogP contribution in [-0.4, -0.2) is 23.7 Å². The molecule has 0 bridgehead atoms. The maximum absolute atomic E-state index is 9.33. The molecule has 1 aromatic carbocycles. The Morgan fingerprint density at radius 1 is 1.38 bits per heavy atom. The Labute approximate surface area is 107 Å². The first kappa shape index (κ1) is 13.9. The van der Waals surface area contributed by atoms with Crippen molar-refractivity contribution in [2.45, 2.75) is 19.3 Å². The van der Waals surface area contributed by atoms with Crippen LogP contribution >= 0.6 is 23.4 Å². The van der Waals surface area contributed by atoms with Gasteiger partial charge in [-0.1, -0.05) is 29.8 Å². The Hall–Kier alpha value is -0.180. The van der Waals surface area contributed by atoms with E-state index in [9.17, 15) is 5.11 Å². The smallest absolute Gasteiger partial charge is 0.0462 e. The number of halogens is 1. The zero-order valence-electron chi connectivity index (χ0n) is 9.66. The number of rotatable bonds is 7. The van der Waals surface area contributed by atoms with Crippen LogP contribution in [0.3, 0.4) is 0 Å². The summed E-state index contributed by atoms with van der Waals surface area (Å²) >= 11 is 7.96. The standard InChI is InChI=1S/C13H19ClOS/c1-16-8-4-5-11(10-15)9-12-6-2-3-7-13(12)14/h2-3,6-7,11,15H,4-5,8-10H2,1H3. The van der Waals surface area contributed by atoms with E-state index < -0.39 is 0 Å². The summed E-state index contributed by atoms with van der Waals surface area (Å²) in [6.07, 6.45) is 5.23. The van der Waals surface area contributed by atoms with E-state index in [0.717, 1.165) is 29.8 Å². The molecule has 1 atom stereocenters. The van der Waals surface area contributed by atoms with E-state index in [1.54, 1.807) is 0 Å². The average molecular weight is 259 g/mol. The number of benzene rings is 1. The molecule has 0 spiro atoms. The predicted molar refractivity (Wildman–Crippen MR) is 73.3 cm³/mol. The van der Waals surface area contributed by atoms with Crippen molar-refractivity contribution >= 4 is 23.4 Å². The van der Waals surface area contributed by atoms with Crippen LogP contribution in [0.4, 0.5) is 0 Å². The van der Waals surface area contributed by atoms with Crippen molar-refractivity contribution < 1.29 is 5.11 Å². The van der Waals surface area contributed by atoms with Crippen molar-refractivity contribution in [3.63, 3.8) is 0 Å². The minimum atomic E-state index is 0.250. The van der Waals surface area contributed by atoms with Gasteiger partial charge in [0.15, 0.2) is 0 Å². The first-order valence-electron chi connectivity index (χ1n) is 5.61. The van der Waals surface area contributed by atoms with Crippen LogP contribution < -0.4 is 0 Å². The van der Waals surface area contributed by atoms with Gasteiger partial charge in [-0.05, 0) is 48.8 Å². The Morgan fingerprint density at radius 2 is 2.12 bits per heavy atom. The average Bonchev–Trinajstić information content (AvgIpc) is 2.30. The quantitative estimate of drug-likeness (QED) is 0.754. The van der Waals surface area contributed by atoms with Crippen LogP contribution in [0, 0.1) is 5.92 Å². The third kappa shape index (κ3) is 4.77. The van der Waals surface area contributed by atoms with Crippen molar-refractivity contribution in [1.82, 2.24) is 0 Å². The molecule has 0 aliphatic carbocycles. The molecule has 1 nitrogen and oxygen atoms in total. The number of aliphatic hydroxyl groups excluding tert-OH is 1. The lowest BCUT2D eigenvalue weighted by molar-refractivity contribution is 0.217. The molecule has 0 fully saturated rings. The molecule has 1 aromatic rings. The molecule has 0 heterocycles. The fourth-order valence-corrected chi connectivity index (χ4v) is 2.42. The second-order valence-corrected chi connectivity index (χ2v) is 5.37. The van der Waals surface area contributed by atoms with Gasteiger partial charge in [-0.25, -0.2) is 0 Å². The third-order valence-corrected chi connectivity index (χ3v) is 3.75. The van der Waals surface area contributed by atoms with E-state index in [1.165, 1.54) is 5.75 Å². The zero-order valence-corrected chi connectivity index (χ0v) is 11.2. The van der Waals surface area contributed by atoms with Crippen LogP contribution in [0.1, 0.15) is 18.4 Å². The van der Waals surface area contributed by atoms with Crippen LogP contribution in [0.15, 0.2) is 24.3 Å². The SMILES string of the molecule is CSCCCC(CO)Cc1ccccc1Cl. The van der Waals surface area contributed by atoms with Gasteiger partial charge in [0, 0.05) is 11.6 Å². The summed E-state index contributed by atoms with van der Waals surface area (Å²) in [5.41, 5.74) is 1.15. The maximum Gasteiger partial charge on any atom is 0.0462 e. The Morgan fingerprint density at radius 3 is 2.75 bits per heavy atom. The fourth-order valence-electron chi connectivity index (χ4n) is 1.75. The number of hydrogen-bond acceptors (Lipinski definition) is 2. The van der Waals surface area contributed by atoms with Gasteiger partial charge < -0.3 is 5.11 Å². The van der Waals surface area contributed by atoms with E-state index in [0.29, 0.717) is 5.92 Å². The van der Waals surface area contributed by atoms with Gasteiger partial charge in [0.25, 0.3) is 0 Å². The van der Waals surface area contributed by atoms with Gasteiger partial charge in [-0.15, -0.1) is 0 Å². The molecule has 1 unspecified atom stereocenters. The summed E-state index contributed by atoms with van der Waals surface area (Å²) in [6.45, 7) is 0.250. The Balaban J connectivity index is 2.46. The first-order valence-corrected chi connectivity index (χ1v) is 7.38. The fraction of sp³-hybridized carbons (Fsp3) is 0.538. The van der Waals surface area contributed by atoms with E-state index in [1.807, 2.05) is 36.0 Å². The number of hydrogen-bond donors (Lipinski definition) is 1. The molecule has 0 aromatic heterocycles. The largest absolute Gasteiger partial charge is 0.396 e. The van der Waals surface area contributed by atoms with Crippen LogP contribution in [0.2, 0.25) is 5.02 Å². The van der Waals surface area contributed by atoms with Crippen molar-refractivity contribution in [3.05, 3.63) is 34.9 Å². The molecule has 16 heavy (non-hydrogen) atoms. The summed E-state index contributed by atoms with van der Waals surface area (Å²) in [5, 5.41) is 10.1. The molecule has 90 valence electrons. The van der Waals surface area contributed by atoms with Gasteiger partial charge in [-0.3, -0.25) is 0 Å². The van der Waals surface area contributed by atoms with Gasteiger partial charge in [0.1, 0.15) is 0 Å². The van der Waals surface area contributed by atoms with Gasteiger partial charge in [0.05, 0.1) is 0 Å². The Bertz CT molecular complexity index is 304. The molecular formula is C13H19ClOS. The van der Waals surface area contributed by atoms with Crippen LogP contribution in [0.5, 0.6) is 0 Å². The summed E-state index contributed by atoms with van der Waals surface area (Å²) < 4.78 is 0. The summed E-state index contributed by atoms with van der Waals surface area (Å²) in [5.74, 6) is 1.51. The maximum atomic E-state index is 9.33. The molecular weight excluding hydrogens is 240 g/mol. The lowest BCUT2D eigenvalue weighted by atomic mass is 9.96. The molecule has 0 aliphatic heterocycles. The molecule has 0 aliphatic rings. The first-order chi connectivity index (χ1) is 7.77. The number of thioether (sulfide) groups is 1. The highest BCUT2D eigenvalue weighted by molar-refractivity contribution is 7.98. The van der Waals surface area contributed by atoms with Crippen LogP contribution in [0.25, 0.3) is 0 Å². The lowest BCUT2D eigenvalue weighted by Crippen LogP contribution is -2.10. The van der Waals surface area contributed by atoms with Crippen molar-refractivity contribution in [1.29, 1.82) is 0 Å². The summed E-state index contributed by atoms with van der Waals surface area (Å²) in [7, 11) is 0. The molecule has 1 N–H and O–H groups in total. The molecule has 0 amide bonds. The highest BCUT2D eigenvalue weighted by atomic mass is 35.5. The monoisotopic (exact) mass is 258 g/mol. The molecule has 0 saturated heterocycles. The molecule has 1 rings (SSSR count). The molecule has 3 heteroatoms. The summed E-state index contributed by atoms with van der Waals surface area (Å²) in [6, 6.07) is 7.89. The number of aliphatic hydroxyl groups is 1. The molecule has 0 saturated carbocycles. The minimum absolute atomic E-state index is 0.250. The highest BCUT2D eigenvalue weighted by Gasteiger charge is 2.10. The Kier molecular flexibility index (Phi) is 6.93. The van der Waals surface area contributed by atoms with Crippen molar-refractivity contribution in [2.24, 2.45) is 5.92 Å². The minimum Gasteiger partial charge on any atom is -0.396 e. The topological polar surface area (TPSA) is 20.2 Å². The van der Waals surface area contributed by atoms with Crippen molar-refractivity contribution in [2.75, 3.05) is 18.6 Å². The lowest BCUT2D eigenvalue weighted by Gasteiger charge is -2.14. The van der Waals surface area contributed by atoms with Crippen molar-refractivity contribution in [3.8, 4) is 0 Å². The van der Waals surface area contributed by atoms with Gasteiger partial charge in [0.2, 0.25) is 0 Å². The van der Waals surface area contributed by atoms with Gasteiger partial charge >= 0.3 is 0 Å². The second-order valence-electron chi connectivity index (χ2n) is 3.98. The van der Waals surface area contributed by atoms with E-state index >= 15 is 0 Å².